The van der Waals surface area contributed by atoms with Crippen molar-refractivity contribution in [1.82, 2.24) is 19.9 Å². The van der Waals surface area contributed by atoms with Gasteiger partial charge in [-0.15, -0.1) is 0 Å². The second kappa shape index (κ2) is 3.34. The third-order valence-electron chi connectivity index (χ3n) is 2.21. The maximum atomic E-state index is 5.96. The van der Waals surface area contributed by atoms with E-state index >= 15 is 0 Å². The molecule has 0 fully saturated rings. The summed E-state index contributed by atoms with van der Waals surface area (Å²) >= 11 is 0. The average Bonchev–Trinajstić information content (AvgIpc) is 2.59. The standard InChI is InChI=1S/C9H13N5/c1-5(2)7(10)9-13-6-3-11-4-12-8(6)14-9/h3-5,7H,10H2,1-2H3,(H,11,12,13,14). The zero-order valence-electron chi connectivity index (χ0n) is 8.23. The summed E-state index contributed by atoms with van der Waals surface area (Å²) in [5.74, 6) is 1.12. The van der Waals surface area contributed by atoms with E-state index in [1.807, 2.05) is 0 Å². The van der Waals surface area contributed by atoms with Crippen LogP contribution in [0, 0.1) is 5.92 Å². The van der Waals surface area contributed by atoms with Gasteiger partial charge in [-0.05, 0) is 5.92 Å². The highest BCUT2D eigenvalue weighted by molar-refractivity contribution is 5.68. The lowest BCUT2D eigenvalue weighted by atomic mass is 10.1. The number of imidazole rings is 1. The quantitative estimate of drug-likeness (QED) is 0.742. The molecule has 0 saturated carbocycles. The molecule has 5 nitrogen and oxygen atoms in total. The first kappa shape index (κ1) is 9.08. The van der Waals surface area contributed by atoms with Gasteiger partial charge in [0, 0.05) is 0 Å². The summed E-state index contributed by atoms with van der Waals surface area (Å²) in [6, 6.07) is -0.0794. The predicted molar refractivity (Wildman–Crippen MR) is 53.5 cm³/mol. The number of nitrogens with one attached hydrogen (secondary N) is 1. The largest absolute Gasteiger partial charge is 0.338 e. The van der Waals surface area contributed by atoms with Crippen molar-refractivity contribution in [2.45, 2.75) is 19.9 Å². The topological polar surface area (TPSA) is 80.5 Å². The molecule has 2 aromatic heterocycles. The minimum absolute atomic E-state index is 0.0794. The van der Waals surface area contributed by atoms with Crippen LogP contribution in [0.15, 0.2) is 12.5 Å². The number of nitrogens with zero attached hydrogens (tertiary/aromatic N) is 3. The monoisotopic (exact) mass is 191 g/mol. The Balaban J connectivity index is 2.45. The van der Waals surface area contributed by atoms with Gasteiger partial charge in [-0.3, -0.25) is 0 Å². The molecule has 1 unspecified atom stereocenters. The maximum Gasteiger partial charge on any atom is 0.180 e. The SMILES string of the molecule is CC(C)C(N)c1nc2ncncc2[nH]1. The van der Waals surface area contributed by atoms with E-state index in [9.17, 15) is 0 Å². The lowest BCUT2D eigenvalue weighted by Gasteiger charge is -2.11. The molecule has 0 aliphatic carbocycles. The predicted octanol–water partition coefficient (Wildman–Crippen LogP) is 1.01. The summed E-state index contributed by atoms with van der Waals surface area (Å²) in [4.78, 5) is 15.4. The minimum atomic E-state index is -0.0794. The summed E-state index contributed by atoms with van der Waals surface area (Å²) in [7, 11) is 0. The van der Waals surface area contributed by atoms with Gasteiger partial charge < -0.3 is 10.7 Å². The van der Waals surface area contributed by atoms with Crippen LogP contribution in [0.3, 0.4) is 0 Å². The van der Waals surface area contributed by atoms with Crippen LogP contribution in [-0.2, 0) is 0 Å². The van der Waals surface area contributed by atoms with Crippen LogP contribution in [-0.4, -0.2) is 19.9 Å². The molecule has 14 heavy (non-hydrogen) atoms. The van der Waals surface area contributed by atoms with Crippen molar-refractivity contribution < 1.29 is 0 Å². The van der Waals surface area contributed by atoms with Gasteiger partial charge in [0.15, 0.2) is 5.65 Å². The Bertz CT molecular complexity index is 400. The minimum Gasteiger partial charge on any atom is -0.338 e. The fourth-order valence-corrected chi connectivity index (χ4v) is 1.25. The van der Waals surface area contributed by atoms with Crippen LogP contribution in [0.1, 0.15) is 25.7 Å². The van der Waals surface area contributed by atoms with Crippen molar-refractivity contribution in [2.24, 2.45) is 11.7 Å². The molecule has 0 aliphatic heterocycles. The molecule has 2 aromatic rings. The van der Waals surface area contributed by atoms with E-state index in [1.165, 1.54) is 6.33 Å². The molecule has 0 spiro atoms. The maximum absolute atomic E-state index is 5.96. The summed E-state index contributed by atoms with van der Waals surface area (Å²) in [6.07, 6.45) is 3.18. The van der Waals surface area contributed by atoms with E-state index in [2.05, 4.69) is 33.8 Å². The highest BCUT2D eigenvalue weighted by Crippen LogP contribution is 2.17. The van der Waals surface area contributed by atoms with Crippen LogP contribution in [0.4, 0.5) is 0 Å². The van der Waals surface area contributed by atoms with E-state index in [0.29, 0.717) is 11.6 Å². The van der Waals surface area contributed by atoms with Crippen LogP contribution in [0.2, 0.25) is 0 Å². The zero-order valence-corrected chi connectivity index (χ0v) is 8.23. The van der Waals surface area contributed by atoms with Crippen molar-refractivity contribution in [2.75, 3.05) is 0 Å². The smallest absolute Gasteiger partial charge is 0.180 e. The van der Waals surface area contributed by atoms with Crippen LogP contribution in [0.5, 0.6) is 0 Å². The number of fused-ring (bicyclic) bond motifs is 1. The fourth-order valence-electron chi connectivity index (χ4n) is 1.25. The van der Waals surface area contributed by atoms with Crippen molar-refractivity contribution in [3.63, 3.8) is 0 Å². The average molecular weight is 191 g/mol. The Hall–Kier alpha value is -1.49. The molecule has 0 aromatic carbocycles. The van der Waals surface area contributed by atoms with Gasteiger partial charge in [0.25, 0.3) is 0 Å². The Morgan fingerprint density at radius 1 is 1.43 bits per heavy atom. The lowest BCUT2D eigenvalue weighted by Crippen LogP contribution is -2.18. The van der Waals surface area contributed by atoms with Gasteiger partial charge >= 0.3 is 0 Å². The third-order valence-corrected chi connectivity index (χ3v) is 2.21. The molecule has 74 valence electrons. The van der Waals surface area contributed by atoms with Crippen molar-refractivity contribution >= 4 is 11.2 Å². The molecule has 5 heteroatoms. The first-order chi connectivity index (χ1) is 6.68. The van der Waals surface area contributed by atoms with Gasteiger partial charge in [0.1, 0.15) is 17.7 Å². The summed E-state index contributed by atoms with van der Waals surface area (Å²) < 4.78 is 0. The third kappa shape index (κ3) is 1.46. The van der Waals surface area contributed by atoms with Gasteiger partial charge in [-0.2, -0.15) is 0 Å². The molecule has 0 bridgehead atoms. The van der Waals surface area contributed by atoms with Crippen LogP contribution < -0.4 is 5.73 Å². The van der Waals surface area contributed by atoms with Gasteiger partial charge in [-0.1, -0.05) is 13.8 Å². The molecule has 3 N–H and O–H groups in total. The molecule has 0 saturated heterocycles. The van der Waals surface area contributed by atoms with Crippen molar-refractivity contribution in [3.8, 4) is 0 Å². The van der Waals surface area contributed by atoms with E-state index in [0.717, 1.165) is 11.3 Å². The van der Waals surface area contributed by atoms with Crippen molar-refractivity contribution in [1.29, 1.82) is 0 Å². The number of hydrogen-bond donors (Lipinski definition) is 2. The normalized spacial score (nSPS) is 13.7. The van der Waals surface area contributed by atoms with Crippen molar-refractivity contribution in [3.05, 3.63) is 18.3 Å². The Morgan fingerprint density at radius 2 is 2.21 bits per heavy atom. The second-order valence-corrected chi connectivity index (χ2v) is 3.65. The van der Waals surface area contributed by atoms with Crippen LogP contribution in [0.25, 0.3) is 11.2 Å². The second-order valence-electron chi connectivity index (χ2n) is 3.65. The molecule has 1 atom stereocenters. The lowest BCUT2D eigenvalue weighted by molar-refractivity contribution is 0.495. The Labute approximate surface area is 81.8 Å². The van der Waals surface area contributed by atoms with Gasteiger partial charge in [0.2, 0.25) is 0 Å². The number of hydrogen-bond acceptors (Lipinski definition) is 4. The number of aromatic nitrogens is 4. The molecule has 0 radical (unpaired) electrons. The summed E-state index contributed by atoms with van der Waals surface area (Å²) in [5, 5.41) is 0. The number of rotatable bonds is 2. The Morgan fingerprint density at radius 3 is 2.86 bits per heavy atom. The van der Waals surface area contributed by atoms with Gasteiger partial charge in [-0.25, -0.2) is 15.0 Å². The number of aromatic amines is 1. The summed E-state index contributed by atoms with van der Waals surface area (Å²) in [5.41, 5.74) is 7.46. The number of nitrogens with two attached hydrogens (primary N) is 1. The van der Waals surface area contributed by atoms with E-state index in [-0.39, 0.29) is 6.04 Å². The van der Waals surface area contributed by atoms with Crippen LogP contribution >= 0.6 is 0 Å². The molecule has 0 amide bonds. The van der Waals surface area contributed by atoms with E-state index in [1.54, 1.807) is 6.20 Å². The molecule has 2 heterocycles. The first-order valence-corrected chi connectivity index (χ1v) is 4.59. The zero-order chi connectivity index (χ0) is 10.1. The first-order valence-electron chi connectivity index (χ1n) is 4.59. The molecule has 2 rings (SSSR count). The number of H-pyrrole nitrogens is 1. The highest BCUT2D eigenvalue weighted by Gasteiger charge is 2.14. The highest BCUT2D eigenvalue weighted by atomic mass is 15.0. The molecular formula is C9H13N5. The van der Waals surface area contributed by atoms with Gasteiger partial charge in [0.05, 0.1) is 12.2 Å². The fraction of sp³-hybridized carbons (Fsp3) is 0.444. The van der Waals surface area contributed by atoms with E-state index < -0.39 is 0 Å². The summed E-state index contributed by atoms with van der Waals surface area (Å²) in [6.45, 7) is 4.12. The molecule has 0 aliphatic rings. The molecular weight excluding hydrogens is 178 g/mol. The van der Waals surface area contributed by atoms with E-state index in [4.69, 9.17) is 5.73 Å². The Kier molecular flexibility index (Phi) is 2.17.